The smallest absolute Gasteiger partial charge is 0.240 e. The maximum Gasteiger partial charge on any atom is 0.240 e. The minimum absolute atomic E-state index is 0.169. The Morgan fingerprint density at radius 3 is 2.65 bits per heavy atom. The second-order valence-corrected chi connectivity index (χ2v) is 5.73. The van der Waals surface area contributed by atoms with Gasteiger partial charge in [0, 0.05) is 48.7 Å². The van der Waals surface area contributed by atoms with E-state index in [9.17, 15) is 8.78 Å². The standard InChI is InChI=1S/C14H19BrF2N2O/c1-20-13-8-10(15)2-3-11(13)12(9-14(16)17)19-6-4-18-5-7-19/h2-3,8,12,14,18H,4-7,9H2,1H3/t12-/m1/s1. The lowest BCUT2D eigenvalue weighted by Gasteiger charge is -2.35. The monoisotopic (exact) mass is 348 g/mol. The van der Waals surface area contributed by atoms with Crippen molar-refractivity contribution < 1.29 is 13.5 Å². The highest BCUT2D eigenvalue weighted by molar-refractivity contribution is 9.10. The van der Waals surface area contributed by atoms with Crippen LogP contribution >= 0.6 is 15.9 Å². The predicted octanol–water partition coefficient (Wildman–Crippen LogP) is 3.06. The number of ether oxygens (including phenoxy) is 1. The van der Waals surface area contributed by atoms with E-state index in [4.69, 9.17) is 4.74 Å². The van der Waals surface area contributed by atoms with E-state index in [2.05, 4.69) is 26.1 Å². The van der Waals surface area contributed by atoms with Crippen LogP contribution in [0.15, 0.2) is 22.7 Å². The van der Waals surface area contributed by atoms with E-state index in [0.717, 1.165) is 36.2 Å². The first-order chi connectivity index (χ1) is 9.61. The second kappa shape index (κ2) is 7.33. The van der Waals surface area contributed by atoms with Crippen LogP contribution in [-0.4, -0.2) is 44.6 Å². The van der Waals surface area contributed by atoms with E-state index in [1.54, 1.807) is 7.11 Å². The lowest BCUT2D eigenvalue weighted by Crippen LogP contribution is -2.45. The van der Waals surface area contributed by atoms with E-state index in [1.807, 2.05) is 18.2 Å². The van der Waals surface area contributed by atoms with Crippen LogP contribution in [0.1, 0.15) is 18.0 Å². The Bertz CT molecular complexity index is 439. The summed E-state index contributed by atoms with van der Waals surface area (Å²) in [7, 11) is 1.57. The number of methoxy groups -OCH3 is 1. The molecule has 0 saturated carbocycles. The molecule has 3 nitrogen and oxygen atoms in total. The Balaban J connectivity index is 2.29. The minimum Gasteiger partial charge on any atom is -0.496 e. The predicted molar refractivity (Wildman–Crippen MR) is 78.5 cm³/mol. The zero-order valence-electron chi connectivity index (χ0n) is 11.4. The van der Waals surface area contributed by atoms with Gasteiger partial charge >= 0.3 is 0 Å². The molecule has 1 saturated heterocycles. The lowest BCUT2D eigenvalue weighted by atomic mass is 10.00. The Kier molecular flexibility index (Phi) is 5.74. The maximum atomic E-state index is 12.9. The first kappa shape index (κ1) is 15.7. The Labute approximate surface area is 126 Å². The topological polar surface area (TPSA) is 24.5 Å². The summed E-state index contributed by atoms with van der Waals surface area (Å²) in [6.07, 6.45) is -2.50. The molecule has 2 rings (SSSR count). The summed E-state index contributed by atoms with van der Waals surface area (Å²) in [4.78, 5) is 2.11. The van der Waals surface area contributed by atoms with Gasteiger partial charge in [-0.3, -0.25) is 4.90 Å². The van der Waals surface area contributed by atoms with Crippen molar-refractivity contribution in [2.24, 2.45) is 0 Å². The minimum atomic E-state index is -2.33. The van der Waals surface area contributed by atoms with E-state index in [-0.39, 0.29) is 12.5 Å². The van der Waals surface area contributed by atoms with E-state index < -0.39 is 6.43 Å². The summed E-state index contributed by atoms with van der Waals surface area (Å²) in [5, 5.41) is 3.24. The van der Waals surface area contributed by atoms with Gasteiger partial charge in [0.15, 0.2) is 0 Å². The molecule has 1 N–H and O–H groups in total. The van der Waals surface area contributed by atoms with Crippen molar-refractivity contribution in [3.05, 3.63) is 28.2 Å². The second-order valence-electron chi connectivity index (χ2n) is 4.81. The first-order valence-electron chi connectivity index (χ1n) is 6.68. The molecule has 1 atom stereocenters. The number of alkyl halides is 2. The Morgan fingerprint density at radius 2 is 2.05 bits per heavy atom. The number of nitrogens with one attached hydrogen (secondary N) is 1. The normalized spacial score (nSPS) is 18.2. The van der Waals surface area contributed by atoms with E-state index >= 15 is 0 Å². The third-order valence-corrected chi connectivity index (χ3v) is 4.04. The van der Waals surface area contributed by atoms with E-state index in [1.165, 1.54) is 0 Å². The quantitative estimate of drug-likeness (QED) is 0.884. The summed E-state index contributed by atoms with van der Waals surface area (Å²) in [5.74, 6) is 0.656. The van der Waals surface area contributed by atoms with Crippen molar-refractivity contribution in [2.75, 3.05) is 33.3 Å². The number of nitrogens with zero attached hydrogens (tertiary/aromatic N) is 1. The van der Waals surface area contributed by atoms with Gasteiger partial charge in [0.25, 0.3) is 0 Å². The Hall–Kier alpha value is -0.720. The molecule has 0 bridgehead atoms. The van der Waals surface area contributed by atoms with Crippen molar-refractivity contribution >= 4 is 15.9 Å². The molecule has 1 aliphatic rings. The first-order valence-corrected chi connectivity index (χ1v) is 7.47. The summed E-state index contributed by atoms with van der Waals surface area (Å²) < 4.78 is 32.1. The number of hydrogen-bond donors (Lipinski definition) is 1. The molecule has 0 spiro atoms. The summed E-state index contributed by atoms with van der Waals surface area (Å²) in [6, 6.07) is 5.27. The zero-order valence-corrected chi connectivity index (χ0v) is 13.0. The number of piperazine rings is 1. The highest BCUT2D eigenvalue weighted by Gasteiger charge is 2.27. The van der Waals surface area contributed by atoms with Crippen LogP contribution in [0.25, 0.3) is 0 Å². The fourth-order valence-corrected chi connectivity index (χ4v) is 2.94. The van der Waals surface area contributed by atoms with Crippen LogP contribution < -0.4 is 10.1 Å². The molecule has 1 aromatic carbocycles. The van der Waals surface area contributed by atoms with Gasteiger partial charge in [0.2, 0.25) is 6.43 Å². The molecule has 0 aromatic heterocycles. The molecule has 1 heterocycles. The molecule has 112 valence electrons. The number of hydrogen-bond acceptors (Lipinski definition) is 3. The average molecular weight is 349 g/mol. The van der Waals surface area contributed by atoms with Gasteiger partial charge in [0.05, 0.1) is 7.11 Å². The molecular weight excluding hydrogens is 330 g/mol. The third-order valence-electron chi connectivity index (χ3n) is 3.55. The molecule has 0 amide bonds. The van der Waals surface area contributed by atoms with E-state index in [0.29, 0.717) is 5.75 Å². The third kappa shape index (κ3) is 3.90. The molecule has 1 fully saturated rings. The van der Waals surface area contributed by atoms with Crippen LogP contribution in [0.4, 0.5) is 8.78 Å². The lowest BCUT2D eigenvalue weighted by molar-refractivity contribution is 0.0729. The van der Waals surface area contributed by atoms with Crippen molar-refractivity contribution in [3.63, 3.8) is 0 Å². The van der Waals surface area contributed by atoms with Crippen LogP contribution in [0, 0.1) is 0 Å². The van der Waals surface area contributed by atoms with Gasteiger partial charge in [-0.15, -0.1) is 0 Å². The molecule has 1 aliphatic heterocycles. The fourth-order valence-electron chi connectivity index (χ4n) is 2.60. The Morgan fingerprint density at radius 1 is 1.35 bits per heavy atom. The SMILES string of the molecule is COc1cc(Br)ccc1[C@@H](CC(F)F)N1CCNCC1. The summed E-state index contributed by atoms with van der Waals surface area (Å²) in [5.41, 5.74) is 0.831. The highest BCUT2D eigenvalue weighted by atomic mass is 79.9. The van der Waals surface area contributed by atoms with Crippen molar-refractivity contribution in [3.8, 4) is 5.75 Å². The number of benzene rings is 1. The van der Waals surface area contributed by atoms with Gasteiger partial charge in [-0.25, -0.2) is 8.78 Å². The average Bonchev–Trinajstić information content (AvgIpc) is 2.45. The molecule has 0 aliphatic carbocycles. The van der Waals surface area contributed by atoms with Crippen LogP contribution in [0.3, 0.4) is 0 Å². The summed E-state index contributed by atoms with van der Waals surface area (Å²) >= 11 is 3.38. The largest absolute Gasteiger partial charge is 0.496 e. The molecule has 0 unspecified atom stereocenters. The number of halogens is 3. The molecular formula is C14H19BrF2N2O. The molecule has 1 aromatic rings. The van der Waals surface area contributed by atoms with Crippen LogP contribution in [0.2, 0.25) is 0 Å². The molecule has 0 radical (unpaired) electrons. The fraction of sp³-hybridized carbons (Fsp3) is 0.571. The maximum absolute atomic E-state index is 12.9. The van der Waals surface area contributed by atoms with Crippen molar-refractivity contribution in [2.45, 2.75) is 18.9 Å². The molecule has 20 heavy (non-hydrogen) atoms. The highest BCUT2D eigenvalue weighted by Crippen LogP contribution is 2.35. The van der Waals surface area contributed by atoms with Crippen LogP contribution in [0.5, 0.6) is 5.75 Å². The number of rotatable bonds is 5. The van der Waals surface area contributed by atoms with Gasteiger partial charge in [-0.1, -0.05) is 22.0 Å². The van der Waals surface area contributed by atoms with Gasteiger partial charge in [0.1, 0.15) is 5.75 Å². The molecule has 6 heteroatoms. The summed E-state index contributed by atoms with van der Waals surface area (Å²) in [6.45, 7) is 3.21. The van der Waals surface area contributed by atoms with Gasteiger partial charge in [-0.2, -0.15) is 0 Å². The zero-order chi connectivity index (χ0) is 14.5. The van der Waals surface area contributed by atoms with Gasteiger partial charge < -0.3 is 10.1 Å². The van der Waals surface area contributed by atoms with Crippen molar-refractivity contribution in [1.82, 2.24) is 10.2 Å². The van der Waals surface area contributed by atoms with Crippen molar-refractivity contribution in [1.29, 1.82) is 0 Å². The van der Waals surface area contributed by atoms with Gasteiger partial charge in [-0.05, 0) is 12.1 Å². The van der Waals surface area contributed by atoms with Crippen LogP contribution in [-0.2, 0) is 0 Å².